The molecule has 7 nitrogen and oxygen atoms in total. The number of anilines is 2. The number of nitrogens with one attached hydrogen (secondary N) is 1. The second-order valence-corrected chi connectivity index (χ2v) is 6.56. The van der Waals surface area contributed by atoms with E-state index in [0.29, 0.717) is 12.0 Å². The SMILES string of the molecule is CN(C)c1ccnc(NC(=O)N2CCC[C@@H]2CN2CCCC2)n1. The minimum atomic E-state index is -0.0809. The molecule has 0 aromatic carbocycles. The number of hydrogen-bond acceptors (Lipinski definition) is 5. The van der Waals surface area contributed by atoms with E-state index in [1.54, 1.807) is 6.20 Å². The van der Waals surface area contributed by atoms with E-state index in [9.17, 15) is 4.79 Å². The number of carbonyl (C=O) groups is 1. The summed E-state index contributed by atoms with van der Waals surface area (Å²) in [7, 11) is 3.83. The van der Waals surface area contributed by atoms with Crippen LogP contribution in [0.3, 0.4) is 0 Å². The first-order valence-corrected chi connectivity index (χ1v) is 8.44. The van der Waals surface area contributed by atoms with E-state index < -0.39 is 0 Å². The third kappa shape index (κ3) is 3.90. The summed E-state index contributed by atoms with van der Waals surface area (Å²) in [5.74, 6) is 1.15. The number of carbonyl (C=O) groups excluding carboxylic acids is 1. The highest BCUT2D eigenvalue weighted by atomic mass is 16.2. The van der Waals surface area contributed by atoms with Crippen LogP contribution in [0.1, 0.15) is 25.7 Å². The highest BCUT2D eigenvalue weighted by Gasteiger charge is 2.31. The zero-order valence-corrected chi connectivity index (χ0v) is 14.0. The molecule has 7 heteroatoms. The fourth-order valence-corrected chi connectivity index (χ4v) is 3.38. The van der Waals surface area contributed by atoms with Crippen LogP contribution < -0.4 is 10.2 Å². The molecule has 0 saturated carbocycles. The molecule has 1 N–H and O–H groups in total. The Labute approximate surface area is 137 Å². The van der Waals surface area contributed by atoms with Crippen molar-refractivity contribution in [2.75, 3.05) is 50.5 Å². The van der Waals surface area contributed by atoms with E-state index in [2.05, 4.69) is 20.2 Å². The Morgan fingerprint density at radius 3 is 2.83 bits per heavy atom. The van der Waals surface area contributed by atoms with E-state index in [-0.39, 0.29) is 6.03 Å². The molecule has 2 fully saturated rings. The number of hydrogen-bond donors (Lipinski definition) is 1. The molecule has 0 aliphatic carbocycles. The fraction of sp³-hybridized carbons (Fsp3) is 0.688. The standard InChI is InChI=1S/C16H26N6O/c1-20(2)14-7-8-17-15(18-14)19-16(23)22-11-5-6-13(22)12-21-9-3-4-10-21/h7-8,13H,3-6,9-12H2,1-2H3,(H,17,18,19,23)/t13-/m1/s1. The van der Waals surface area contributed by atoms with Gasteiger partial charge in [0.2, 0.25) is 5.95 Å². The van der Waals surface area contributed by atoms with Crippen molar-refractivity contribution in [3.05, 3.63) is 12.3 Å². The summed E-state index contributed by atoms with van der Waals surface area (Å²) < 4.78 is 0. The van der Waals surface area contributed by atoms with Crippen LogP contribution in [0.4, 0.5) is 16.6 Å². The van der Waals surface area contributed by atoms with Crippen LogP contribution in [-0.2, 0) is 0 Å². The lowest BCUT2D eigenvalue weighted by Gasteiger charge is -2.28. The maximum Gasteiger partial charge on any atom is 0.324 e. The van der Waals surface area contributed by atoms with E-state index in [1.165, 1.54) is 25.9 Å². The lowest BCUT2D eigenvalue weighted by atomic mass is 10.2. The van der Waals surface area contributed by atoms with E-state index >= 15 is 0 Å². The molecule has 3 rings (SSSR count). The number of urea groups is 1. The lowest BCUT2D eigenvalue weighted by molar-refractivity contribution is 0.186. The Morgan fingerprint density at radius 1 is 1.30 bits per heavy atom. The molecular weight excluding hydrogens is 292 g/mol. The molecule has 126 valence electrons. The average molecular weight is 318 g/mol. The van der Waals surface area contributed by atoms with Gasteiger partial charge < -0.3 is 14.7 Å². The summed E-state index contributed by atoms with van der Waals surface area (Å²) in [6.07, 6.45) is 6.39. The number of rotatable bonds is 4. The molecule has 2 amide bonds. The molecular formula is C16H26N6O. The van der Waals surface area contributed by atoms with Crippen LogP contribution in [0, 0.1) is 0 Å². The summed E-state index contributed by atoms with van der Waals surface area (Å²) in [6, 6.07) is 2.05. The van der Waals surface area contributed by atoms with Gasteiger partial charge in [-0.15, -0.1) is 0 Å². The predicted octanol–water partition coefficient (Wildman–Crippen LogP) is 1.63. The Bertz CT molecular complexity index is 543. The zero-order valence-electron chi connectivity index (χ0n) is 14.0. The maximum absolute atomic E-state index is 12.6. The van der Waals surface area contributed by atoms with Crippen molar-refractivity contribution in [2.24, 2.45) is 0 Å². The highest BCUT2D eigenvalue weighted by molar-refractivity contribution is 5.88. The van der Waals surface area contributed by atoms with Crippen molar-refractivity contribution in [3.8, 4) is 0 Å². The summed E-state index contributed by atoms with van der Waals surface area (Å²) in [6.45, 7) is 4.14. The van der Waals surface area contributed by atoms with Gasteiger partial charge in [-0.3, -0.25) is 5.32 Å². The van der Waals surface area contributed by atoms with E-state index in [4.69, 9.17) is 0 Å². The smallest absolute Gasteiger partial charge is 0.324 e. The average Bonchev–Trinajstić information content (AvgIpc) is 3.19. The van der Waals surface area contributed by atoms with Gasteiger partial charge in [0.1, 0.15) is 5.82 Å². The second kappa shape index (κ2) is 7.12. The van der Waals surface area contributed by atoms with Gasteiger partial charge in [0.05, 0.1) is 0 Å². The van der Waals surface area contributed by atoms with Crippen LogP contribution in [0.5, 0.6) is 0 Å². The molecule has 0 spiro atoms. The Morgan fingerprint density at radius 2 is 2.09 bits per heavy atom. The summed E-state index contributed by atoms with van der Waals surface area (Å²) in [5.41, 5.74) is 0. The zero-order chi connectivity index (χ0) is 16.2. The highest BCUT2D eigenvalue weighted by Crippen LogP contribution is 2.21. The quantitative estimate of drug-likeness (QED) is 0.914. The number of likely N-dealkylation sites (tertiary alicyclic amines) is 2. The van der Waals surface area contributed by atoms with Crippen molar-refractivity contribution < 1.29 is 4.79 Å². The van der Waals surface area contributed by atoms with E-state index in [0.717, 1.165) is 31.7 Å². The Balaban J connectivity index is 1.61. The molecule has 0 bridgehead atoms. The maximum atomic E-state index is 12.6. The molecule has 2 saturated heterocycles. The van der Waals surface area contributed by atoms with Crippen LogP contribution in [0.25, 0.3) is 0 Å². The third-order valence-corrected chi connectivity index (χ3v) is 4.62. The van der Waals surface area contributed by atoms with Gasteiger partial charge in [0, 0.05) is 39.4 Å². The van der Waals surface area contributed by atoms with Gasteiger partial charge >= 0.3 is 6.03 Å². The predicted molar refractivity (Wildman–Crippen MR) is 90.8 cm³/mol. The van der Waals surface area contributed by atoms with Crippen LogP contribution in [-0.4, -0.2) is 72.1 Å². The van der Waals surface area contributed by atoms with Crippen molar-refractivity contribution in [2.45, 2.75) is 31.7 Å². The van der Waals surface area contributed by atoms with Crippen molar-refractivity contribution in [1.82, 2.24) is 19.8 Å². The molecule has 3 heterocycles. The minimum absolute atomic E-state index is 0.0809. The molecule has 2 aliphatic rings. The first-order chi connectivity index (χ1) is 11.1. The van der Waals surface area contributed by atoms with Gasteiger partial charge in [-0.2, -0.15) is 4.98 Å². The van der Waals surface area contributed by atoms with Crippen LogP contribution >= 0.6 is 0 Å². The second-order valence-electron chi connectivity index (χ2n) is 6.56. The van der Waals surface area contributed by atoms with Crippen molar-refractivity contribution in [1.29, 1.82) is 0 Å². The first kappa shape index (κ1) is 16.0. The molecule has 1 atom stereocenters. The summed E-state index contributed by atoms with van der Waals surface area (Å²) >= 11 is 0. The summed E-state index contributed by atoms with van der Waals surface area (Å²) in [4.78, 5) is 27.4. The molecule has 0 radical (unpaired) electrons. The lowest BCUT2D eigenvalue weighted by Crippen LogP contribution is -2.44. The van der Waals surface area contributed by atoms with Gasteiger partial charge in [-0.25, -0.2) is 9.78 Å². The molecule has 1 aromatic heterocycles. The normalized spacial score (nSPS) is 21.7. The fourth-order valence-electron chi connectivity index (χ4n) is 3.38. The van der Waals surface area contributed by atoms with Crippen LogP contribution in [0.2, 0.25) is 0 Å². The van der Waals surface area contributed by atoms with Gasteiger partial charge in [0.25, 0.3) is 0 Å². The number of nitrogens with zero attached hydrogens (tertiary/aromatic N) is 5. The number of amides is 2. The molecule has 23 heavy (non-hydrogen) atoms. The largest absolute Gasteiger partial charge is 0.363 e. The minimum Gasteiger partial charge on any atom is -0.363 e. The van der Waals surface area contributed by atoms with Crippen LogP contribution in [0.15, 0.2) is 12.3 Å². The van der Waals surface area contributed by atoms with E-state index in [1.807, 2.05) is 30.0 Å². The number of aromatic nitrogens is 2. The summed E-state index contributed by atoms with van der Waals surface area (Å²) in [5, 5.41) is 2.85. The Hall–Kier alpha value is -1.89. The van der Waals surface area contributed by atoms with Gasteiger partial charge in [-0.1, -0.05) is 0 Å². The third-order valence-electron chi connectivity index (χ3n) is 4.62. The van der Waals surface area contributed by atoms with Gasteiger partial charge in [0.15, 0.2) is 0 Å². The van der Waals surface area contributed by atoms with Crippen molar-refractivity contribution in [3.63, 3.8) is 0 Å². The van der Waals surface area contributed by atoms with Crippen molar-refractivity contribution >= 4 is 17.8 Å². The topological polar surface area (TPSA) is 64.6 Å². The molecule has 2 aliphatic heterocycles. The monoisotopic (exact) mass is 318 g/mol. The first-order valence-electron chi connectivity index (χ1n) is 8.44. The van der Waals surface area contributed by atoms with Gasteiger partial charge in [-0.05, 0) is 44.8 Å². The molecule has 0 unspecified atom stereocenters. The Kier molecular flexibility index (Phi) is 4.95. The molecule has 1 aromatic rings.